The molecule has 0 fully saturated rings. The third kappa shape index (κ3) is 8.97. The molecule has 0 bridgehead atoms. The number of nitrogens with zero attached hydrogens (tertiary/aromatic N) is 1. The third-order valence-electron chi connectivity index (χ3n) is 6.02. The van der Waals surface area contributed by atoms with Crippen LogP contribution in [0, 0.1) is 0 Å². The fourth-order valence-corrected chi connectivity index (χ4v) is 4.97. The van der Waals surface area contributed by atoms with Gasteiger partial charge in [0.2, 0.25) is 0 Å². The second-order valence-electron chi connectivity index (χ2n) is 9.05. The molecule has 0 saturated carbocycles. The van der Waals surface area contributed by atoms with E-state index in [1.807, 2.05) is 72.5 Å². The van der Waals surface area contributed by atoms with Crippen molar-refractivity contribution in [3.8, 4) is 5.75 Å². The van der Waals surface area contributed by atoms with Gasteiger partial charge in [-0.2, -0.15) is 0 Å². The molecule has 0 aliphatic rings. The van der Waals surface area contributed by atoms with Gasteiger partial charge in [0.1, 0.15) is 5.75 Å². The Morgan fingerprint density at radius 3 is 2.32 bits per heavy atom. The van der Waals surface area contributed by atoms with E-state index >= 15 is 0 Å². The van der Waals surface area contributed by atoms with Gasteiger partial charge in [-0.05, 0) is 61.7 Å². The molecule has 0 aliphatic heterocycles. The quantitative estimate of drug-likeness (QED) is 0.140. The Hall–Kier alpha value is -3.25. The van der Waals surface area contributed by atoms with Gasteiger partial charge in [0.05, 0.1) is 6.04 Å². The third-order valence-corrected chi connectivity index (χ3v) is 7.00. The topological polar surface area (TPSA) is 58.6 Å². The summed E-state index contributed by atoms with van der Waals surface area (Å²) >= 11 is 1.57. The van der Waals surface area contributed by atoms with Crippen molar-refractivity contribution in [1.29, 1.82) is 0 Å². The Kier molecular flexibility index (Phi) is 11.6. The molecule has 0 radical (unpaired) electrons. The maximum Gasteiger partial charge on any atom is 0.322 e. The van der Waals surface area contributed by atoms with Gasteiger partial charge < -0.3 is 10.1 Å². The van der Waals surface area contributed by atoms with Crippen LogP contribution >= 0.6 is 11.8 Å². The number of urea groups is 1. The molecule has 3 rings (SSSR count). The second kappa shape index (κ2) is 15.1. The van der Waals surface area contributed by atoms with Crippen molar-refractivity contribution in [2.24, 2.45) is 0 Å². The molecule has 5 nitrogen and oxygen atoms in total. The lowest BCUT2D eigenvalue weighted by Gasteiger charge is -2.30. The summed E-state index contributed by atoms with van der Waals surface area (Å²) in [6.45, 7) is 6.85. The molecule has 1 unspecified atom stereocenters. The monoisotopic (exact) mass is 518 g/mol. The standard InChI is InChI=1S/C31H38N2O3S/c1-4-6-7-11-21-32-31(35)33(24(3)25-15-9-8-10-16-25)26-17-12-19-28(22-26)37-29-20-13-18-27(23-29)36-30(34)14-5-2/h8-10,12-13,15-20,22-24H,4-7,11,14,21H2,1-3H3,(H,32,35). The van der Waals surface area contributed by atoms with E-state index in [0.717, 1.165) is 40.3 Å². The van der Waals surface area contributed by atoms with Gasteiger partial charge in [0, 0.05) is 28.4 Å². The molecular weight excluding hydrogens is 480 g/mol. The van der Waals surface area contributed by atoms with Crippen molar-refractivity contribution in [1.82, 2.24) is 5.32 Å². The summed E-state index contributed by atoms with van der Waals surface area (Å²) in [5.74, 6) is 0.319. The summed E-state index contributed by atoms with van der Waals surface area (Å²) in [4.78, 5) is 29.1. The highest BCUT2D eigenvalue weighted by Gasteiger charge is 2.23. The molecule has 3 aromatic carbocycles. The van der Waals surface area contributed by atoms with E-state index in [1.54, 1.807) is 17.8 Å². The molecule has 0 spiro atoms. The highest BCUT2D eigenvalue weighted by molar-refractivity contribution is 7.99. The van der Waals surface area contributed by atoms with Crippen molar-refractivity contribution < 1.29 is 14.3 Å². The van der Waals surface area contributed by atoms with Crippen LogP contribution in [-0.2, 0) is 4.79 Å². The number of benzene rings is 3. The lowest BCUT2D eigenvalue weighted by Crippen LogP contribution is -2.42. The van der Waals surface area contributed by atoms with Gasteiger partial charge in [0.15, 0.2) is 0 Å². The van der Waals surface area contributed by atoms with Gasteiger partial charge in [-0.15, -0.1) is 0 Å². The van der Waals surface area contributed by atoms with Gasteiger partial charge in [-0.25, -0.2) is 4.79 Å². The van der Waals surface area contributed by atoms with Crippen molar-refractivity contribution in [2.75, 3.05) is 11.4 Å². The van der Waals surface area contributed by atoms with E-state index < -0.39 is 0 Å². The fourth-order valence-electron chi connectivity index (χ4n) is 4.05. The number of anilines is 1. The Bertz CT molecular complexity index is 1140. The summed E-state index contributed by atoms with van der Waals surface area (Å²) < 4.78 is 5.46. The van der Waals surface area contributed by atoms with Gasteiger partial charge >= 0.3 is 12.0 Å². The maximum atomic E-state index is 13.4. The molecule has 196 valence electrons. The molecule has 0 aliphatic carbocycles. The molecule has 0 heterocycles. The first-order valence-corrected chi connectivity index (χ1v) is 14.0. The predicted octanol–water partition coefficient (Wildman–Crippen LogP) is 8.40. The predicted molar refractivity (Wildman–Crippen MR) is 152 cm³/mol. The van der Waals surface area contributed by atoms with Crippen molar-refractivity contribution in [3.63, 3.8) is 0 Å². The van der Waals surface area contributed by atoms with Crippen LogP contribution in [0.1, 0.15) is 70.9 Å². The highest BCUT2D eigenvalue weighted by atomic mass is 32.2. The van der Waals surface area contributed by atoms with Crippen LogP contribution in [-0.4, -0.2) is 18.5 Å². The lowest BCUT2D eigenvalue weighted by atomic mass is 10.1. The van der Waals surface area contributed by atoms with Gasteiger partial charge in [-0.1, -0.05) is 87.3 Å². The highest BCUT2D eigenvalue weighted by Crippen LogP contribution is 2.34. The largest absolute Gasteiger partial charge is 0.426 e. The minimum atomic E-state index is -0.224. The zero-order valence-corrected chi connectivity index (χ0v) is 22.9. The van der Waals surface area contributed by atoms with Gasteiger partial charge in [-0.3, -0.25) is 9.69 Å². The number of carbonyl (C=O) groups is 2. The van der Waals surface area contributed by atoms with Crippen LogP contribution in [0.3, 0.4) is 0 Å². The van der Waals surface area contributed by atoms with Gasteiger partial charge in [0.25, 0.3) is 0 Å². The fraction of sp³-hybridized carbons (Fsp3) is 0.355. The number of esters is 1. The van der Waals surface area contributed by atoms with Crippen LogP contribution in [0.5, 0.6) is 5.75 Å². The molecule has 1 atom stereocenters. The molecule has 6 heteroatoms. The molecule has 0 saturated heterocycles. The normalized spacial score (nSPS) is 11.5. The molecule has 3 aromatic rings. The summed E-state index contributed by atoms with van der Waals surface area (Å²) in [7, 11) is 0. The Balaban J connectivity index is 1.80. The molecule has 1 N–H and O–H groups in total. The first kappa shape index (κ1) is 28.3. The van der Waals surface area contributed by atoms with E-state index in [1.165, 1.54) is 12.8 Å². The van der Waals surface area contributed by atoms with E-state index in [0.29, 0.717) is 18.7 Å². The minimum absolute atomic E-state index is 0.0974. The Labute approximate surface area is 225 Å². The average Bonchev–Trinajstić information content (AvgIpc) is 2.90. The van der Waals surface area contributed by atoms with Crippen LogP contribution in [0.15, 0.2) is 88.7 Å². The van der Waals surface area contributed by atoms with Crippen LogP contribution < -0.4 is 15.0 Å². The average molecular weight is 519 g/mol. The zero-order valence-electron chi connectivity index (χ0n) is 22.1. The number of unbranched alkanes of at least 4 members (excludes halogenated alkanes) is 3. The van der Waals surface area contributed by atoms with E-state index in [-0.39, 0.29) is 18.0 Å². The van der Waals surface area contributed by atoms with Crippen molar-refractivity contribution >= 4 is 29.4 Å². The van der Waals surface area contributed by atoms with Crippen molar-refractivity contribution in [3.05, 3.63) is 84.4 Å². The molecular formula is C31H38N2O3S. The Morgan fingerprint density at radius 2 is 1.59 bits per heavy atom. The summed E-state index contributed by atoms with van der Waals surface area (Å²) in [5.41, 5.74) is 1.90. The first-order valence-electron chi connectivity index (χ1n) is 13.2. The Morgan fingerprint density at radius 1 is 0.865 bits per heavy atom. The summed E-state index contributed by atoms with van der Waals surface area (Å²) in [6.07, 6.45) is 5.59. The van der Waals surface area contributed by atoms with E-state index in [2.05, 4.69) is 31.3 Å². The first-order chi connectivity index (χ1) is 18.0. The lowest BCUT2D eigenvalue weighted by molar-refractivity contribution is -0.134. The van der Waals surface area contributed by atoms with Crippen LogP contribution in [0.25, 0.3) is 0 Å². The second-order valence-corrected chi connectivity index (χ2v) is 10.2. The molecule has 0 aromatic heterocycles. The summed E-state index contributed by atoms with van der Waals surface area (Å²) in [5, 5.41) is 3.13. The SMILES string of the molecule is CCCCCCNC(=O)N(c1cccc(Sc2cccc(OC(=O)CCC)c2)c1)C(C)c1ccccc1. The molecule has 37 heavy (non-hydrogen) atoms. The van der Waals surface area contributed by atoms with Crippen LogP contribution in [0.2, 0.25) is 0 Å². The van der Waals surface area contributed by atoms with Crippen LogP contribution in [0.4, 0.5) is 10.5 Å². The number of hydrogen-bond donors (Lipinski definition) is 1. The summed E-state index contributed by atoms with van der Waals surface area (Å²) in [6, 6.07) is 25.4. The molecule has 2 amide bonds. The smallest absolute Gasteiger partial charge is 0.322 e. The van der Waals surface area contributed by atoms with E-state index in [4.69, 9.17) is 4.74 Å². The number of nitrogens with one attached hydrogen (secondary N) is 1. The van der Waals surface area contributed by atoms with Crippen molar-refractivity contribution in [2.45, 2.75) is 75.1 Å². The number of rotatable bonds is 13. The van der Waals surface area contributed by atoms with E-state index in [9.17, 15) is 9.59 Å². The number of hydrogen-bond acceptors (Lipinski definition) is 4. The minimum Gasteiger partial charge on any atom is -0.426 e. The maximum absolute atomic E-state index is 13.4. The number of amides is 2. The number of carbonyl (C=O) groups excluding carboxylic acids is 2. The zero-order chi connectivity index (χ0) is 26.5. The number of ether oxygens (including phenoxy) is 1.